The maximum atomic E-state index is 11.0. The first kappa shape index (κ1) is 12.1. The minimum atomic E-state index is -0.945. The standard InChI is InChI=1S/C13H15NO2/c1-4-9-13(2,3)14-11-8-6-5-7-10(11)12(15)16/h1,5-8,14H,9H2,2-3H3,(H,15,16). The number of anilines is 1. The van der Waals surface area contributed by atoms with E-state index in [9.17, 15) is 4.79 Å². The van der Waals surface area contributed by atoms with Gasteiger partial charge in [0.05, 0.1) is 5.56 Å². The van der Waals surface area contributed by atoms with Crippen molar-refractivity contribution in [3.05, 3.63) is 29.8 Å². The van der Waals surface area contributed by atoms with Gasteiger partial charge in [-0.25, -0.2) is 4.79 Å². The van der Waals surface area contributed by atoms with Crippen molar-refractivity contribution in [1.29, 1.82) is 0 Å². The third-order valence-corrected chi connectivity index (χ3v) is 2.17. The Balaban J connectivity index is 2.98. The molecule has 0 aromatic heterocycles. The van der Waals surface area contributed by atoms with Crippen LogP contribution in [-0.2, 0) is 0 Å². The van der Waals surface area contributed by atoms with Gasteiger partial charge < -0.3 is 10.4 Å². The number of carboxylic acids is 1. The fourth-order valence-electron chi connectivity index (χ4n) is 1.44. The highest BCUT2D eigenvalue weighted by molar-refractivity contribution is 5.94. The Kier molecular flexibility index (Phi) is 3.57. The number of nitrogens with one attached hydrogen (secondary N) is 1. The van der Waals surface area contributed by atoms with E-state index in [4.69, 9.17) is 11.5 Å². The molecule has 0 spiro atoms. The zero-order valence-electron chi connectivity index (χ0n) is 9.45. The van der Waals surface area contributed by atoms with Gasteiger partial charge in [0.25, 0.3) is 0 Å². The zero-order chi connectivity index (χ0) is 12.2. The van der Waals surface area contributed by atoms with Crippen molar-refractivity contribution < 1.29 is 9.90 Å². The predicted molar refractivity (Wildman–Crippen MR) is 64.6 cm³/mol. The molecule has 0 aliphatic rings. The summed E-state index contributed by atoms with van der Waals surface area (Å²) in [5, 5.41) is 12.2. The van der Waals surface area contributed by atoms with Gasteiger partial charge in [0.1, 0.15) is 0 Å². The van der Waals surface area contributed by atoms with Crippen LogP contribution >= 0.6 is 0 Å². The summed E-state index contributed by atoms with van der Waals surface area (Å²) in [6, 6.07) is 6.79. The fraction of sp³-hybridized carbons (Fsp3) is 0.308. The molecule has 0 bridgehead atoms. The Bertz CT molecular complexity index is 430. The molecule has 0 amide bonds. The van der Waals surface area contributed by atoms with Gasteiger partial charge in [0, 0.05) is 17.6 Å². The largest absolute Gasteiger partial charge is 0.478 e. The second-order valence-electron chi connectivity index (χ2n) is 4.24. The van der Waals surface area contributed by atoms with Crippen LogP contribution < -0.4 is 5.32 Å². The average Bonchev–Trinajstić information content (AvgIpc) is 2.17. The summed E-state index contributed by atoms with van der Waals surface area (Å²) in [5.41, 5.74) is 0.531. The first-order valence-corrected chi connectivity index (χ1v) is 5.00. The average molecular weight is 217 g/mol. The Labute approximate surface area is 95.5 Å². The van der Waals surface area contributed by atoms with Gasteiger partial charge in [0.2, 0.25) is 0 Å². The summed E-state index contributed by atoms with van der Waals surface area (Å²) in [6.45, 7) is 3.87. The minimum Gasteiger partial charge on any atom is -0.478 e. The first-order chi connectivity index (χ1) is 7.46. The number of rotatable bonds is 4. The van der Waals surface area contributed by atoms with E-state index in [1.807, 2.05) is 13.8 Å². The lowest BCUT2D eigenvalue weighted by atomic mass is 10.00. The quantitative estimate of drug-likeness (QED) is 0.762. The van der Waals surface area contributed by atoms with Gasteiger partial charge in [-0.05, 0) is 26.0 Å². The lowest BCUT2D eigenvalue weighted by molar-refractivity contribution is 0.0698. The molecule has 2 N–H and O–H groups in total. The summed E-state index contributed by atoms with van der Waals surface area (Å²) in [6.07, 6.45) is 5.79. The molecule has 0 atom stereocenters. The molecule has 0 fully saturated rings. The number of carbonyl (C=O) groups is 1. The number of para-hydroxylation sites is 1. The van der Waals surface area contributed by atoms with Gasteiger partial charge in [-0.3, -0.25) is 0 Å². The fourth-order valence-corrected chi connectivity index (χ4v) is 1.44. The molecule has 3 heteroatoms. The SMILES string of the molecule is C#CCC(C)(C)Nc1ccccc1C(=O)O. The van der Waals surface area contributed by atoms with Gasteiger partial charge in [0.15, 0.2) is 0 Å². The van der Waals surface area contributed by atoms with Gasteiger partial charge in [-0.2, -0.15) is 0 Å². The van der Waals surface area contributed by atoms with Crippen LogP contribution in [0.15, 0.2) is 24.3 Å². The topological polar surface area (TPSA) is 49.3 Å². The van der Waals surface area contributed by atoms with E-state index in [0.29, 0.717) is 12.1 Å². The molecule has 1 aromatic carbocycles. The van der Waals surface area contributed by atoms with Gasteiger partial charge >= 0.3 is 5.97 Å². The summed E-state index contributed by atoms with van der Waals surface area (Å²) in [4.78, 5) is 11.0. The molecule has 0 heterocycles. The van der Waals surface area contributed by atoms with Crippen LogP contribution in [0.3, 0.4) is 0 Å². The Morgan fingerprint density at radius 2 is 2.12 bits per heavy atom. The normalized spacial score (nSPS) is 10.6. The number of hydrogen-bond acceptors (Lipinski definition) is 2. The van der Waals surface area contributed by atoms with Gasteiger partial charge in [-0.15, -0.1) is 12.3 Å². The molecule has 16 heavy (non-hydrogen) atoms. The minimum absolute atomic E-state index is 0.257. The van der Waals surface area contributed by atoms with E-state index in [1.54, 1.807) is 24.3 Å². The maximum Gasteiger partial charge on any atom is 0.337 e. The molecule has 0 radical (unpaired) electrons. The van der Waals surface area contributed by atoms with Crippen LogP contribution in [0.2, 0.25) is 0 Å². The van der Waals surface area contributed by atoms with Crippen LogP contribution in [0.4, 0.5) is 5.69 Å². The van der Waals surface area contributed by atoms with Crippen molar-refractivity contribution in [3.63, 3.8) is 0 Å². The Morgan fingerprint density at radius 3 is 2.69 bits per heavy atom. The third kappa shape index (κ3) is 3.03. The molecule has 0 saturated heterocycles. The van der Waals surface area contributed by atoms with Crippen molar-refractivity contribution >= 4 is 11.7 Å². The lowest BCUT2D eigenvalue weighted by Crippen LogP contribution is -2.31. The molecule has 3 nitrogen and oxygen atoms in total. The third-order valence-electron chi connectivity index (χ3n) is 2.17. The van der Waals surface area contributed by atoms with Crippen molar-refractivity contribution in [2.75, 3.05) is 5.32 Å². The van der Waals surface area contributed by atoms with Crippen molar-refractivity contribution in [3.8, 4) is 12.3 Å². The van der Waals surface area contributed by atoms with Crippen molar-refractivity contribution in [2.24, 2.45) is 0 Å². The number of terminal acetylenes is 1. The predicted octanol–water partition coefficient (Wildman–Crippen LogP) is 2.60. The van der Waals surface area contributed by atoms with Crippen LogP contribution in [0, 0.1) is 12.3 Å². The number of benzene rings is 1. The Hall–Kier alpha value is -1.95. The molecular weight excluding hydrogens is 202 g/mol. The smallest absolute Gasteiger partial charge is 0.337 e. The van der Waals surface area contributed by atoms with E-state index in [1.165, 1.54) is 0 Å². The van der Waals surface area contributed by atoms with Crippen LogP contribution in [0.25, 0.3) is 0 Å². The highest BCUT2D eigenvalue weighted by Gasteiger charge is 2.18. The highest BCUT2D eigenvalue weighted by atomic mass is 16.4. The summed E-state index contributed by atoms with van der Waals surface area (Å²) >= 11 is 0. The summed E-state index contributed by atoms with van der Waals surface area (Å²) in [5.74, 6) is 1.62. The first-order valence-electron chi connectivity index (χ1n) is 5.00. The van der Waals surface area contributed by atoms with E-state index in [0.717, 1.165) is 0 Å². The van der Waals surface area contributed by atoms with Crippen LogP contribution in [-0.4, -0.2) is 16.6 Å². The van der Waals surface area contributed by atoms with Crippen molar-refractivity contribution in [2.45, 2.75) is 25.8 Å². The zero-order valence-corrected chi connectivity index (χ0v) is 9.45. The second kappa shape index (κ2) is 4.71. The molecular formula is C13H15NO2. The summed E-state index contributed by atoms with van der Waals surface area (Å²) < 4.78 is 0. The molecule has 0 unspecified atom stereocenters. The number of aromatic carboxylic acids is 1. The van der Waals surface area contributed by atoms with E-state index < -0.39 is 5.97 Å². The Morgan fingerprint density at radius 1 is 1.50 bits per heavy atom. The summed E-state index contributed by atoms with van der Waals surface area (Å²) in [7, 11) is 0. The maximum absolute atomic E-state index is 11.0. The van der Waals surface area contributed by atoms with E-state index >= 15 is 0 Å². The van der Waals surface area contributed by atoms with Crippen LogP contribution in [0.1, 0.15) is 30.6 Å². The second-order valence-corrected chi connectivity index (χ2v) is 4.24. The monoisotopic (exact) mass is 217 g/mol. The lowest BCUT2D eigenvalue weighted by Gasteiger charge is -2.26. The number of hydrogen-bond donors (Lipinski definition) is 2. The van der Waals surface area contributed by atoms with E-state index in [2.05, 4.69) is 11.2 Å². The highest BCUT2D eigenvalue weighted by Crippen LogP contribution is 2.21. The number of carboxylic acid groups (broad SMARTS) is 1. The molecule has 0 aliphatic carbocycles. The molecule has 0 aliphatic heterocycles. The molecule has 84 valence electrons. The van der Waals surface area contributed by atoms with Crippen LogP contribution in [0.5, 0.6) is 0 Å². The molecule has 1 rings (SSSR count). The molecule has 0 saturated carbocycles. The van der Waals surface area contributed by atoms with Gasteiger partial charge in [-0.1, -0.05) is 12.1 Å². The molecule has 1 aromatic rings. The van der Waals surface area contributed by atoms with E-state index in [-0.39, 0.29) is 11.1 Å². The van der Waals surface area contributed by atoms with Crippen molar-refractivity contribution in [1.82, 2.24) is 0 Å².